The Bertz CT molecular complexity index is 756. The zero-order chi connectivity index (χ0) is 18.1. The fraction of sp³-hybridized carbons (Fsp3) is 0.250. The van der Waals surface area contributed by atoms with Crippen molar-refractivity contribution < 1.29 is 18.0 Å². The van der Waals surface area contributed by atoms with Crippen molar-refractivity contribution >= 4 is 34.2 Å². The summed E-state index contributed by atoms with van der Waals surface area (Å²) in [6.07, 6.45) is -0.504. The van der Waals surface area contributed by atoms with Crippen LogP contribution >= 0.6 is 23.4 Å². The lowest BCUT2D eigenvalue weighted by atomic mass is 10.0. The van der Waals surface area contributed by atoms with Gasteiger partial charge in [0, 0.05) is 30.3 Å². The fourth-order valence-corrected chi connectivity index (χ4v) is 3.15. The van der Waals surface area contributed by atoms with Gasteiger partial charge in [-0.3, -0.25) is 9.78 Å². The van der Waals surface area contributed by atoms with E-state index in [1.165, 1.54) is 4.90 Å². The van der Waals surface area contributed by atoms with Crippen LogP contribution in [0.15, 0.2) is 42.3 Å². The highest BCUT2D eigenvalue weighted by Crippen LogP contribution is 2.35. The molecule has 1 fully saturated rings. The van der Waals surface area contributed by atoms with Crippen LogP contribution < -0.4 is 0 Å². The highest BCUT2D eigenvalue weighted by molar-refractivity contribution is 8.14. The topological polar surface area (TPSA) is 33.2 Å². The molecule has 1 saturated heterocycles. The average Bonchev–Trinajstić information content (AvgIpc) is 2.83. The first-order chi connectivity index (χ1) is 11.1. The molecule has 0 spiro atoms. The molecular weight excluding hydrogens is 361 g/mol. The zero-order valence-electron chi connectivity index (χ0n) is 12.9. The first-order valence-electron chi connectivity index (χ1n) is 6.82. The predicted molar refractivity (Wildman–Crippen MR) is 90.7 cm³/mol. The van der Waals surface area contributed by atoms with Crippen molar-refractivity contribution in [1.29, 1.82) is 0 Å². The summed E-state index contributed by atoms with van der Waals surface area (Å²) < 4.78 is 38.3. The summed E-state index contributed by atoms with van der Waals surface area (Å²) in [7, 11) is 1.64. The number of amides is 1. The van der Waals surface area contributed by atoms with Gasteiger partial charge in [0.15, 0.2) is 0 Å². The largest absolute Gasteiger partial charge is 0.417 e. The Labute approximate surface area is 146 Å². The van der Waals surface area contributed by atoms with Crippen LogP contribution in [0.5, 0.6) is 0 Å². The molecule has 0 saturated carbocycles. The Morgan fingerprint density at radius 3 is 2.62 bits per heavy atom. The minimum absolute atomic E-state index is 0.0941. The van der Waals surface area contributed by atoms with Crippen molar-refractivity contribution in [1.82, 2.24) is 9.88 Å². The second-order valence-electron chi connectivity index (χ2n) is 5.10. The van der Waals surface area contributed by atoms with E-state index in [9.17, 15) is 18.0 Å². The zero-order valence-corrected chi connectivity index (χ0v) is 14.5. The van der Waals surface area contributed by atoms with Crippen molar-refractivity contribution in [3.63, 3.8) is 0 Å². The van der Waals surface area contributed by atoms with E-state index in [0.29, 0.717) is 16.9 Å². The minimum atomic E-state index is -4.51. The summed E-state index contributed by atoms with van der Waals surface area (Å²) in [4.78, 5) is 17.0. The fourth-order valence-electron chi connectivity index (χ4n) is 2.02. The summed E-state index contributed by atoms with van der Waals surface area (Å²) in [6, 6.07) is 0.844. The van der Waals surface area contributed by atoms with Gasteiger partial charge < -0.3 is 4.90 Å². The molecule has 128 valence electrons. The highest BCUT2D eigenvalue weighted by atomic mass is 35.5. The monoisotopic (exact) mass is 374 g/mol. The van der Waals surface area contributed by atoms with Crippen molar-refractivity contribution in [3.8, 4) is 0 Å². The van der Waals surface area contributed by atoms with E-state index >= 15 is 0 Å². The third kappa shape index (κ3) is 3.84. The number of alkyl halides is 3. The van der Waals surface area contributed by atoms with E-state index in [1.807, 2.05) is 0 Å². The third-order valence-electron chi connectivity index (χ3n) is 3.51. The number of rotatable bonds is 3. The number of carbonyl (C=O) groups is 1. The molecule has 1 aromatic heterocycles. The van der Waals surface area contributed by atoms with Crippen LogP contribution in [0, 0.1) is 0 Å². The molecule has 0 radical (unpaired) electrons. The molecule has 0 aliphatic carbocycles. The molecule has 0 bridgehead atoms. The number of halogens is 4. The van der Waals surface area contributed by atoms with Gasteiger partial charge in [0.2, 0.25) is 0 Å². The summed E-state index contributed by atoms with van der Waals surface area (Å²) >= 11 is 7.18. The molecule has 1 amide bonds. The Morgan fingerprint density at radius 1 is 1.50 bits per heavy atom. The Hall–Kier alpha value is -1.73. The summed E-state index contributed by atoms with van der Waals surface area (Å²) in [5.74, 6) is 0.474. The number of hydrogen-bond donors (Lipinski definition) is 0. The Kier molecular flexibility index (Phi) is 5.45. The molecule has 1 aromatic rings. The number of aromatic nitrogens is 1. The normalized spacial score (nSPS) is 18.2. The van der Waals surface area contributed by atoms with Crippen molar-refractivity contribution in [2.24, 2.45) is 0 Å². The maximum Gasteiger partial charge on any atom is 0.417 e. The number of nitrogens with zero attached hydrogens (tertiary/aromatic N) is 2. The van der Waals surface area contributed by atoms with E-state index in [0.717, 1.165) is 29.7 Å². The second kappa shape index (κ2) is 7.03. The lowest BCUT2D eigenvalue weighted by Gasteiger charge is -2.14. The first kappa shape index (κ1) is 18.6. The molecule has 2 heterocycles. The molecule has 0 N–H and O–H groups in total. The lowest BCUT2D eigenvalue weighted by Crippen LogP contribution is -2.15. The van der Waals surface area contributed by atoms with Crippen LogP contribution in [-0.4, -0.2) is 27.9 Å². The van der Waals surface area contributed by atoms with Gasteiger partial charge in [-0.05, 0) is 24.6 Å². The van der Waals surface area contributed by atoms with E-state index < -0.39 is 11.7 Å². The predicted octanol–water partition coefficient (Wildman–Crippen LogP) is 5.40. The van der Waals surface area contributed by atoms with Gasteiger partial charge >= 0.3 is 6.18 Å². The quantitative estimate of drug-likeness (QED) is 0.664. The van der Waals surface area contributed by atoms with Crippen LogP contribution in [0.25, 0.3) is 5.57 Å². The molecule has 0 atom stereocenters. The summed E-state index contributed by atoms with van der Waals surface area (Å²) in [5, 5.41) is -0.208. The van der Waals surface area contributed by atoms with Gasteiger partial charge in [-0.25, -0.2) is 0 Å². The van der Waals surface area contributed by atoms with Crippen molar-refractivity contribution in [2.75, 3.05) is 12.8 Å². The smallest absolute Gasteiger partial charge is 0.309 e. The van der Waals surface area contributed by atoms with Gasteiger partial charge in [0.25, 0.3) is 5.24 Å². The maximum atomic E-state index is 12.8. The molecular formula is C16H14ClF3N2OS. The third-order valence-corrected chi connectivity index (χ3v) is 4.76. The average molecular weight is 375 g/mol. The molecule has 2 rings (SSSR count). The van der Waals surface area contributed by atoms with E-state index in [-0.39, 0.29) is 16.0 Å². The number of carbonyl (C=O) groups excluding carboxylic acids is 1. The minimum Gasteiger partial charge on any atom is -0.309 e. The van der Waals surface area contributed by atoms with Crippen LogP contribution in [0.3, 0.4) is 0 Å². The molecule has 0 aromatic carbocycles. The highest BCUT2D eigenvalue weighted by Gasteiger charge is 2.32. The second-order valence-corrected chi connectivity index (χ2v) is 6.44. The summed E-state index contributed by atoms with van der Waals surface area (Å²) in [5.41, 5.74) is 1.24. The van der Waals surface area contributed by atoms with Crippen molar-refractivity contribution in [2.45, 2.75) is 13.1 Å². The van der Waals surface area contributed by atoms with Gasteiger partial charge in [0.05, 0.1) is 16.3 Å². The molecule has 0 unspecified atom stereocenters. The van der Waals surface area contributed by atoms with E-state index in [4.69, 9.17) is 11.6 Å². The van der Waals surface area contributed by atoms with Crippen LogP contribution in [-0.2, 0) is 6.18 Å². The SMILES string of the molecule is C=C/C(C)=C(\C=C1/CSC(=O)N1C)c1ncc(C(F)(F)F)cc1Cl. The van der Waals surface area contributed by atoms with Crippen molar-refractivity contribution in [3.05, 3.63) is 58.5 Å². The molecule has 1 aliphatic rings. The number of allylic oxidation sites excluding steroid dienone is 4. The number of pyridine rings is 1. The van der Waals surface area contributed by atoms with Gasteiger partial charge in [0.1, 0.15) is 0 Å². The molecule has 24 heavy (non-hydrogen) atoms. The van der Waals surface area contributed by atoms with Crippen LogP contribution in [0.4, 0.5) is 18.0 Å². The Morgan fingerprint density at radius 2 is 2.17 bits per heavy atom. The molecule has 8 heteroatoms. The van der Waals surface area contributed by atoms with E-state index in [2.05, 4.69) is 11.6 Å². The molecule has 3 nitrogen and oxygen atoms in total. The summed E-state index contributed by atoms with van der Waals surface area (Å²) in [6.45, 7) is 5.43. The van der Waals surface area contributed by atoms with Gasteiger partial charge in [-0.15, -0.1) is 0 Å². The standard InChI is InChI=1S/C16H14ClF3N2OS/c1-4-9(2)12(6-11-8-24-15(23)22(11)3)14-13(17)5-10(7-21-14)16(18,19)20/h4-7H,1,8H2,2-3H3/b11-6+,12-9+. The lowest BCUT2D eigenvalue weighted by molar-refractivity contribution is -0.137. The first-order valence-corrected chi connectivity index (χ1v) is 8.19. The maximum absolute atomic E-state index is 12.8. The Balaban J connectivity index is 2.54. The van der Waals surface area contributed by atoms with E-state index in [1.54, 1.807) is 26.1 Å². The molecule has 1 aliphatic heterocycles. The number of hydrogen-bond acceptors (Lipinski definition) is 3. The van der Waals surface area contributed by atoms with Crippen LogP contribution in [0.2, 0.25) is 5.02 Å². The van der Waals surface area contributed by atoms with Gasteiger partial charge in [-0.1, -0.05) is 36.0 Å². The van der Waals surface area contributed by atoms with Gasteiger partial charge in [-0.2, -0.15) is 13.2 Å². The van der Waals surface area contributed by atoms with Crippen LogP contribution in [0.1, 0.15) is 18.2 Å². The number of thioether (sulfide) groups is 1.